The SMILES string of the molecule is O=C(NC1(C(=O)O)CC1)c1ccc(-n2cncn2)c(F)c1. The molecule has 0 spiro atoms. The van der Waals surface area contributed by atoms with Gasteiger partial charge in [-0.05, 0) is 31.0 Å². The molecule has 1 aromatic carbocycles. The highest BCUT2D eigenvalue weighted by molar-refractivity contribution is 5.99. The number of amides is 1. The van der Waals surface area contributed by atoms with Gasteiger partial charge in [0.25, 0.3) is 5.91 Å². The predicted octanol–water partition coefficient (Wildman–Crippen LogP) is 0.753. The van der Waals surface area contributed by atoms with E-state index in [2.05, 4.69) is 15.4 Å². The van der Waals surface area contributed by atoms with Gasteiger partial charge in [0, 0.05) is 5.56 Å². The molecule has 0 aliphatic heterocycles. The molecule has 1 aromatic heterocycles. The van der Waals surface area contributed by atoms with Crippen molar-refractivity contribution in [2.45, 2.75) is 18.4 Å². The molecule has 1 aliphatic rings. The van der Waals surface area contributed by atoms with E-state index in [0.717, 1.165) is 6.07 Å². The molecule has 7 nitrogen and oxygen atoms in total. The molecule has 0 unspecified atom stereocenters. The summed E-state index contributed by atoms with van der Waals surface area (Å²) in [5.74, 6) is -2.33. The molecule has 1 heterocycles. The van der Waals surface area contributed by atoms with Crippen LogP contribution in [0.4, 0.5) is 4.39 Å². The summed E-state index contributed by atoms with van der Waals surface area (Å²) in [7, 11) is 0. The molecule has 108 valence electrons. The number of hydrogen-bond donors (Lipinski definition) is 2. The molecule has 0 bridgehead atoms. The van der Waals surface area contributed by atoms with E-state index in [9.17, 15) is 14.0 Å². The maximum atomic E-state index is 14.0. The van der Waals surface area contributed by atoms with Crippen molar-refractivity contribution in [3.05, 3.63) is 42.2 Å². The van der Waals surface area contributed by atoms with Crippen LogP contribution in [0.5, 0.6) is 0 Å². The summed E-state index contributed by atoms with van der Waals surface area (Å²) in [6.07, 6.45) is 3.37. The summed E-state index contributed by atoms with van der Waals surface area (Å²) in [5, 5.41) is 15.2. The van der Waals surface area contributed by atoms with Crippen LogP contribution in [0.25, 0.3) is 5.69 Å². The Morgan fingerprint density at radius 1 is 1.38 bits per heavy atom. The van der Waals surface area contributed by atoms with Crippen molar-refractivity contribution in [3.8, 4) is 5.69 Å². The van der Waals surface area contributed by atoms with Crippen molar-refractivity contribution in [3.63, 3.8) is 0 Å². The van der Waals surface area contributed by atoms with Crippen molar-refractivity contribution in [1.82, 2.24) is 20.1 Å². The number of halogens is 1. The molecule has 2 N–H and O–H groups in total. The number of carboxylic acid groups (broad SMARTS) is 1. The van der Waals surface area contributed by atoms with E-state index < -0.39 is 23.2 Å². The number of aromatic nitrogens is 3. The Balaban J connectivity index is 1.82. The number of aliphatic carboxylic acids is 1. The van der Waals surface area contributed by atoms with Crippen molar-refractivity contribution in [1.29, 1.82) is 0 Å². The van der Waals surface area contributed by atoms with Crippen LogP contribution in [0.2, 0.25) is 0 Å². The zero-order valence-corrected chi connectivity index (χ0v) is 10.8. The lowest BCUT2D eigenvalue weighted by molar-refractivity contribution is -0.140. The summed E-state index contributed by atoms with van der Waals surface area (Å²) in [4.78, 5) is 26.7. The largest absolute Gasteiger partial charge is 0.480 e. The number of rotatable bonds is 4. The topological polar surface area (TPSA) is 97.1 Å². The third kappa shape index (κ3) is 2.35. The fourth-order valence-corrected chi connectivity index (χ4v) is 1.97. The fourth-order valence-electron chi connectivity index (χ4n) is 1.97. The number of benzene rings is 1. The third-order valence-corrected chi connectivity index (χ3v) is 3.39. The average Bonchev–Trinajstić information content (AvgIpc) is 3.03. The first kappa shape index (κ1) is 13.2. The first-order valence-electron chi connectivity index (χ1n) is 6.22. The molecule has 1 fully saturated rings. The summed E-state index contributed by atoms with van der Waals surface area (Å²) >= 11 is 0. The van der Waals surface area contributed by atoms with Gasteiger partial charge >= 0.3 is 5.97 Å². The van der Waals surface area contributed by atoms with E-state index in [4.69, 9.17) is 5.11 Å². The van der Waals surface area contributed by atoms with Gasteiger partial charge < -0.3 is 10.4 Å². The Hall–Kier alpha value is -2.77. The number of nitrogens with one attached hydrogen (secondary N) is 1. The van der Waals surface area contributed by atoms with Crippen LogP contribution in [0, 0.1) is 5.82 Å². The summed E-state index contributed by atoms with van der Waals surface area (Å²) in [5.41, 5.74) is -0.981. The summed E-state index contributed by atoms with van der Waals surface area (Å²) in [6, 6.07) is 3.84. The Bertz CT molecular complexity index is 710. The van der Waals surface area contributed by atoms with Crippen molar-refractivity contribution >= 4 is 11.9 Å². The van der Waals surface area contributed by atoms with Gasteiger partial charge in [-0.25, -0.2) is 18.9 Å². The van der Waals surface area contributed by atoms with E-state index in [1.165, 1.54) is 29.5 Å². The van der Waals surface area contributed by atoms with Crippen LogP contribution in [-0.4, -0.2) is 37.3 Å². The van der Waals surface area contributed by atoms with E-state index in [0.29, 0.717) is 12.8 Å². The smallest absolute Gasteiger partial charge is 0.329 e. The highest BCUT2D eigenvalue weighted by atomic mass is 19.1. The molecule has 8 heteroatoms. The normalized spacial score (nSPS) is 15.5. The van der Waals surface area contributed by atoms with Crippen LogP contribution in [-0.2, 0) is 4.79 Å². The summed E-state index contributed by atoms with van der Waals surface area (Å²) in [6.45, 7) is 0. The lowest BCUT2D eigenvalue weighted by Crippen LogP contribution is -2.43. The Kier molecular flexibility index (Phi) is 2.93. The Morgan fingerprint density at radius 3 is 2.67 bits per heavy atom. The summed E-state index contributed by atoms with van der Waals surface area (Å²) < 4.78 is 15.2. The zero-order chi connectivity index (χ0) is 15.0. The maximum Gasteiger partial charge on any atom is 0.329 e. The Labute approximate surface area is 118 Å². The van der Waals surface area contributed by atoms with Gasteiger partial charge in [-0.3, -0.25) is 4.79 Å². The molecule has 1 aliphatic carbocycles. The lowest BCUT2D eigenvalue weighted by atomic mass is 10.1. The van der Waals surface area contributed by atoms with Crippen LogP contribution in [0.1, 0.15) is 23.2 Å². The van der Waals surface area contributed by atoms with Crippen LogP contribution >= 0.6 is 0 Å². The van der Waals surface area contributed by atoms with Gasteiger partial charge in [-0.1, -0.05) is 0 Å². The first-order chi connectivity index (χ1) is 10.0. The van der Waals surface area contributed by atoms with Gasteiger partial charge in [0.05, 0.1) is 0 Å². The molecule has 21 heavy (non-hydrogen) atoms. The Morgan fingerprint density at radius 2 is 2.14 bits per heavy atom. The highest BCUT2D eigenvalue weighted by Crippen LogP contribution is 2.35. The number of nitrogens with zero attached hydrogens (tertiary/aromatic N) is 3. The maximum absolute atomic E-state index is 14.0. The first-order valence-corrected chi connectivity index (χ1v) is 6.22. The van der Waals surface area contributed by atoms with Crippen LogP contribution in [0.3, 0.4) is 0 Å². The molecule has 0 radical (unpaired) electrons. The van der Waals surface area contributed by atoms with Gasteiger partial charge in [0.15, 0.2) is 0 Å². The average molecular weight is 290 g/mol. The second-order valence-corrected chi connectivity index (χ2v) is 4.85. The minimum atomic E-state index is -1.20. The minimum Gasteiger partial charge on any atom is -0.480 e. The van der Waals surface area contributed by atoms with Crippen molar-refractivity contribution in [2.75, 3.05) is 0 Å². The second-order valence-electron chi connectivity index (χ2n) is 4.85. The molecular formula is C13H11FN4O3. The second kappa shape index (κ2) is 4.65. The molecular weight excluding hydrogens is 279 g/mol. The van der Waals surface area contributed by atoms with E-state index in [1.807, 2.05) is 0 Å². The zero-order valence-electron chi connectivity index (χ0n) is 10.8. The fraction of sp³-hybridized carbons (Fsp3) is 0.231. The standard InChI is InChI=1S/C13H11FN4O3/c14-9-5-8(1-2-10(9)18-7-15-6-16-18)11(19)17-13(3-4-13)12(20)21/h1-2,5-7H,3-4H2,(H,17,19)(H,20,21). The molecule has 0 atom stereocenters. The van der Waals surface area contributed by atoms with Gasteiger partial charge in [0.2, 0.25) is 0 Å². The minimum absolute atomic E-state index is 0.0592. The molecule has 2 aromatic rings. The molecule has 1 amide bonds. The quantitative estimate of drug-likeness (QED) is 0.866. The third-order valence-electron chi connectivity index (χ3n) is 3.39. The number of carbonyl (C=O) groups excluding carboxylic acids is 1. The number of hydrogen-bond acceptors (Lipinski definition) is 4. The van der Waals surface area contributed by atoms with Gasteiger partial charge in [-0.15, -0.1) is 0 Å². The van der Waals surface area contributed by atoms with Crippen molar-refractivity contribution < 1.29 is 19.1 Å². The van der Waals surface area contributed by atoms with E-state index in [1.54, 1.807) is 0 Å². The molecule has 1 saturated carbocycles. The van der Waals surface area contributed by atoms with Gasteiger partial charge in [0.1, 0.15) is 29.7 Å². The van der Waals surface area contributed by atoms with E-state index in [-0.39, 0.29) is 11.3 Å². The lowest BCUT2D eigenvalue weighted by Gasteiger charge is -2.12. The molecule has 0 saturated heterocycles. The number of carbonyl (C=O) groups is 2. The van der Waals surface area contributed by atoms with Crippen molar-refractivity contribution in [2.24, 2.45) is 0 Å². The van der Waals surface area contributed by atoms with Crippen LogP contribution < -0.4 is 5.32 Å². The molecule has 3 rings (SSSR count). The monoisotopic (exact) mass is 290 g/mol. The highest BCUT2D eigenvalue weighted by Gasteiger charge is 2.51. The van der Waals surface area contributed by atoms with E-state index >= 15 is 0 Å². The predicted molar refractivity (Wildman–Crippen MR) is 68.4 cm³/mol. The van der Waals surface area contributed by atoms with Crippen LogP contribution in [0.15, 0.2) is 30.9 Å². The number of carboxylic acids is 1. The van der Waals surface area contributed by atoms with Gasteiger partial charge in [-0.2, -0.15) is 5.10 Å².